The predicted octanol–water partition coefficient (Wildman–Crippen LogP) is 4.07. The Balaban J connectivity index is 1.71. The van der Waals surface area contributed by atoms with Crippen molar-refractivity contribution in [1.29, 1.82) is 0 Å². The molecule has 1 aromatic heterocycles. The first-order valence-electron chi connectivity index (χ1n) is 6.82. The smallest absolute Gasteiger partial charge is 0.401 e. The molecular weight excluding hydrogens is 313 g/mol. The number of nitrogens with zero attached hydrogens (tertiary/aromatic N) is 2. The van der Waals surface area contributed by atoms with Gasteiger partial charge < -0.3 is 4.74 Å². The second-order valence-electron chi connectivity index (χ2n) is 4.92. The van der Waals surface area contributed by atoms with Crippen LogP contribution in [-0.4, -0.2) is 42.8 Å². The van der Waals surface area contributed by atoms with Crippen LogP contribution in [0.25, 0.3) is 10.6 Å². The number of hydrogen-bond donors (Lipinski definition) is 0. The largest absolute Gasteiger partial charge is 0.494 e. The lowest BCUT2D eigenvalue weighted by Crippen LogP contribution is -2.32. The van der Waals surface area contributed by atoms with Crippen LogP contribution in [0.2, 0.25) is 0 Å². The van der Waals surface area contributed by atoms with Crippen LogP contribution in [0.1, 0.15) is 6.42 Å². The van der Waals surface area contributed by atoms with E-state index in [9.17, 15) is 13.2 Å². The molecule has 0 amide bonds. The lowest BCUT2D eigenvalue weighted by atomic mass is 10.2. The van der Waals surface area contributed by atoms with Crippen LogP contribution in [0.5, 0.6) is 5.75 Å². The van der Waals surface area contributed by atoms with E-state index in [1.807, 2.05) is 29.6 Å². The van der Waals surface area contributed by atoms with Crippen LogP contribution >= 0.6 is 11.3 Å². The van der Waals surface area contributed by atoms with Gasteiger partial charge in [-0.15, -0.1) is 11.3 Å². The molecular formula is C15H17F3N2OS. The molecule has 120 valence electrons. The van der Waals surface area contributed by atoms with Crippen molar-refractivity contribution in [1.82, 2.24) is 9.88 Å². The van der Waals surface area contributed by atoms with E-state index in [0.29, 0.717) is 25.3 Å². The number of benzene rings is 1. The monoisotopic (exact) mass is 330 g/mol. The van der Waals surface area contributed by atoms with E-state index in [-0.39, 0.29) is 0 Å². The first-order chi connectivity index (χ1) is 10.4. The van der Waals surface area contributed by atoms with Crippen molar-refractivity contribution in [2.24, 2.45) is 0 Å². The zero-order chi connectivity index (χ0) is 16.0. The first kappa shape index (κ1) is 16.8. The zero-order valence-corrected chi connectivity index (χ0v) is 13.0. The fraction of sp³-hybridized carbons (Fsp3) is 0.400. The predicted molar refractivity (Wildman–Crippen MR) is 81.2 cm³/mol. The summed E-state index contributed by atoms with van der Waals surface area (Å²) in [6.45, 7) is -0.162. The number of hydrogen-bond acceptors (Lipinski definition) is 4. The molecule has 0 atom stereocenters. The summed E-state index contributed by atoms with van der Waals surface area (Å²) in [7, 11) is 1.45. The Morgan fingerprint density at radius 2 is 1.95 bits per heavy atom. The Hall–Kier alpha value is -1.60. The fourth-order valence-corrected chi connectivity index (χ4v) is 2.61. The molecule has 2 rings (SSSR count). The van der Waals surface area contributed by atoms with Gasteiger partial charge in [-0.3, -0.25) is 4.90 Å². The van der Waals surface area contributed by atoms with E-state index in [0.717, 1.165) is 10.6 Å². The lowest BCUT2D eigenvalue weighted by molar-refractivity contribution is -0.143. The van der Waals surface area contributed by atoms with Gasteiger partial charge in [0.25, 0.3) is 0 Å². The van der Waals surface area contributed by atoms with Crippen molar-refractivity contribution in [2.45, 2.75) is 12.6 Å². The number of alkyl halides is 3. The van der Waals surface area contributed by atoms with Crippen LogP contribution < -0.4 is 4.74 Å². The molecule has 0 spiro atoms. The molecule has 1 heterocycles. The second-order valence-corrected chi connectivity index (χ2v) is 5.81. The third kappa shape index (κ3) is 5.65. The van der Waals surface area contributed by atoms with E-state index in [4.69, 9.17) is 4.74 Å². The van der Waals surface area contributed by atoms with Crippen LogP contribution in [0.15, 0.2) is 35.8 Å². The molecule has 0 unspecified atom stereocenters. The van der Waals surface area contributed by atoms with Gasteiger partial charge in [-0.05, 0) is 37.7 Å². The van der Waals surface area contributed by atoms with Gasteiger partial charge in [-0.2, -0.15) is 13.2 Å². The molecule has 0 fully saturated rings. The van der Waals surface area contributed by atoms with Crippen LogP contribution in [0, 0.1) is 0 Å². The average molecular weight is 330 g/mol. The van der Waals surface area contributed by atoms with Crippen molar-refractivity contribution >= 4 is 11.3 Å². The van der Waals surface area contributed by atoms with Crippen molar-refractivity contribution in [3.05, 3.63) is 35.8 Å². The molecule has 0 aliphatic heterocycles. The minimum Gasteiger partial charge on any atom is -0.494 e. The topological polar surface area (TPSA) is 25.4 Å². The Morgan fingerprint density at radius 1 is 1.23 bits per heavy atom. The molecule has 3 nitrogen and oxygen atoms in total. The molecule has 1 aromatic carbocycles. The summed E-state index contributed by atoms with van der Waals surface area (Å²) in [5, 5.41) is 2.86. The van der Waals surface area contributed by atoms with Gasteiger partial charge >= 0.3 is 6.18 Å². The summed E-state index contributed by atoms with van der Waals surface area (Å²) in [6.07, 6.45) is -1.86. The highest BCUT2D eigenvalue weighted by Gasteiger charge is 2.28. The minimum absolute atomic E-state index is 0.344. The maximum atomic E-state index is 12.2. The highest BCUT2D eigenvalue weighted by Crippen LogP contribution is 2.24. The Morgan fingerprint density at radius 3 is 2.55 bits per heavy atom. The Kier molecular flexibility index (Phi) is 5.79. The molecule has 0 saturated heterocycles. The number of aromatic nitrogens is 1. The molecule has 0 aliphatic carbocycles. The average Bonchev–Trinajstić information content (AvgIpc) is 2.96. The van der Waals surface area contributed by atoms with Crippen molar-refractivity contribution in [3.63, 3.8) is 0 Å². The summed E-state index contributed by atoms with van der Waals surface area (Å²) in [5.74, 6) is 0.707. The lowest BCUT2D eigenvalue weighted by Gasteiger charge is -2.18. The van der Waals surface area contributed by atoms with Gasteiger partial charge in [-0.1, -0.05) is 0 Å². The molecule has 0 bridgehead atoms. The highest BCUT2D eigenvalue weighted by molar-refractivity contribution is 7.13. The maximum absolute atomic E-state index is 12.2. The summed E-state index contributed by atoms with van der Waals surface area (Å²) < 4.78 is 42.0. The first-order valence-corrected chi connectivity index (χ1v) is 7.70. The van der Waals surface area contributed by atoms with Crippen molar-refractivity contribution < 1.29 is 17.9 Å². The van der Waals surface area contributed by atoms with E-state index < -0.39 is 12.7 Å². The van der Waals surface area contributed by atoms with Gasteiger partial charge in [0.05, 0.1) is 13.2 Å². The zero-order valence-electron chi connectivity index (χ0n) is 12.1. The molecule has 22 heavy (non-hydrogen) atoms. The second kappa shape index (κ2) is 7.60. The van der Waals surface area contributed by atoms with E-state index in [1.54, 1.807) is 17.5 Å². The minimum atomic E-state index is -4.15. The molecule has 7 heteroatoms. The van der Waals surface area contributed by atoms with Crippen LogP contribution in [-0.2, 0) is 0 Å². The summed E-state index contributed by atoms with van der Waals surface area (Å²) >= 11 is 1.56. The molecule has 0 aliphatic rings. The molecule has 0 radical (unpaired) electrons. The normalized spacial score (nSPS) is 11.9. The summed E-state index contributed by atoms with van der Waals surface area (Å²) in [5.41, 5.74) is 1.02. The third-order valence-corrected chi connectivity index (χ3v) is 3.76. The number of thiazole rings is 1. The van der Waals surface area contributed by atoms with Gasteiger partial charge in [0.1, 0.15) is 10.8 Å². The van der Waals surface area contributed by atoms with E-state index in [1.165, 1.54) is 11.9 Å². The van der Waals surface area contributed by atoms with Gasteiger partial charge in [0.2, 0.25) is 0 Å². The van der Waals surface area contributed by atoms with Crippen molar-refractivity contribution in [3.8, 4) is 16.3 Å². The number of rotatable bonds is 7. The van der Waals surface area contributed by atoms with E-state index >= 15 is 0 Å². The SMILES string of the molecule is CN(CCCOc1ccc(-c2nccs2)cc1)CC(F)(F)F. The van der Waals surface area contributed by atoms with Crippen LogP contribution in [0.4, 0.5) is 13.2 Å². The Labute approximate surface area is 131 Å². The van der Waals surface area contributed by atoms with Crippen LogP contribution in [0.3, 0.4) is 0 Å². The summed E-state index contributed by atoms with van der Waals surface area (Å²) in [4.78, 5) is 5.47. The van der Waals surface area contributed by atoms with Gasteiger partial charge in [0.15, 0.2) is 0 Å². The van der Waals surface area contributed by atoms with Gasteiger partial charge in [-0.25, -0.2) is 4.98 Å². The number of ether oxygens (including phenoxy) is 1. The maximum Gasteiger partial charge on any atom is 0.401 e. The quantitative estimate of drug-likeness (QED) is 0.716. The number of halogens is 3. The summed E-state index contributed by atoms with van der Waals surface area (Å²) in [6, 6.07) is 7.53. The molecule has 0 saturated carbocycles. The molecule has 0 N–H and O–H groups in total. The van der Waals surface area contributed by atoms with Gasteiger partial charge in [0, 0.05) is 23.7 Å². The molecule has 2 aromatic rings. The Bertz CT molecular complexity index is 555. The highest BCUT2D eigenvalue weighted by atomic mass is 32.1. The third-order valence-electron chi connectivity index (χ3n) is 2.94. The fourth-order valence-electron chi connectivity index (χ4n) is 1.97. The van der Waals surface area contributed by atoms with Crippen molar-refractivity contribution in [2.75, 3.05) is 26.7 Å². The van der Waals surface area contributed by atoms with E-state index in [2.05, 4.69) is 4.98 Å². The standard InChI is InChI=1S/C15H17F3N2OS/c1-20(11-15(16,17)18)8-2-9-21-13-5-3-12(4-6-13)14-19-7-10-22-14/h3-7,10H,2,8-9,11H2,1H3.